The first-order chi connectivity index (χ1) is 10.1. The summed E-state index contributed by atoms with van der Waals surface area (Å²) in [5, 5.41) is 10.4. The average molecular weight is 287 g/mol. The molecule has 2 rings (SSSR count). The van der Waals surface area contributed by atoms with Crippen molar-refractivity contribution in [1.29, 1.82) is 0 Å². The predicted octanol–water partition coefficient (Wildman–Crippen LogP) is 3.44. The standard InChI is InChI=1S/C18H25NO2/c1-13(2)14-5-7-15(8-6-14)17(12-19)18(20)10-9-16-4-3-11-21-16/h3-8,11,13,17-18,20H,9-10,12,19H2,1-2H3. The van der Waals surface area contributed by atoms with E-state index in [9.17, 15) is 5.11 Å². The van der Waals surface area contributed by atoms with E-state index in [4.69, 9.17) is 10.2 Å². The van der Waals surface area contributed by atoms with Crippen molar-refractivity contribution in [2.75, 3.05) is 6.54 Å². The SMILES string of the molecule is CC(C)c1ccc(C(CN)C(O)CCc2ccco2)cc1. The van der Waals surface area contributed by atoms with E-state index in [0.29, 0.717) is 18.9 Å². The van der Waals surface area contributed by atoms with Gasteiger partial charge in [-0.05, 0) is 35.6 Å². The van der Waals surface area contributed by atoms with Crippen LogP contribution in [0, 0.1) is 0 Å². The van der Waals surface area contributed by atoms with Crippen molar-refractivity contribution in [3.63, 3.8) is 0 Å². The fourth-order valence-electron chi connectivity index (χ4n) is 2.59. The van der Waals surface area contributed by atoms with Crippen LogP contribution in [0.5, 0.6) is 0 Å². The van der Waals surface area contributed by atoms with Crippen molar-refractivity contribution in [2.24, 2.45) is 5.73 Å². The van der Waals surface area contributed by atoms with Crippen LogP contribution in [0.15, 0.2) is 47.1 Å². The van der Waals surface area contributed by atoms with Crippen LogP contribution in [0.25, 0.3) is 0 Å². The van der Waals surface area contributed by atoms with E-state index in [-0.39, 0.29) is 5.92 Å². The molecule has 1 aromatic heterocycles. The zero-order valence-electron chi connectivity index (χ0n) is 12.8. The maximum atomic E-state index is 10.4. The van der Waals surface area contributed by atoms with Crippen LogP contribution in [0.4, 0.5) is 0 Å². The molecule has 3 N–H and O–H groups in total. The number of hydrogen-bond acceptors (Lipinski definition) is 3. The van der Waals surface area contributed by atoms with E-state index in [1.54, 1.807) is 6.26 Å². The van der Waals surface area contributed by atoms with Gasteiger partial charge in [0, 0.05) is 18.9 Å². The molecule has 2 unspecified atom stereocenters. The average Bonchev–Trinajstić information content (AvgIpc) is 3.00. The lowest BCUT2D eigenvalue weighted by Gasteiger charge is -2.22. The van der Waals surface area contributed by atoms with Gasteiger partial charge in [-0.15, -0.1) is 0 Å². The topological polar surface area (TPSA) is 59.4 Å². The highest BCUT2D eigenvalue weighted by Gasteiger charge is 2.20. The summed E-state index contributed by atoms with van der Waals surface area (Å²) in [4.78, 5) is 0. The minimum atomic E-state index is -0.454. The predicted molar refractivity (Wildman–Crippen MR) is 85.4 cm³/mol. The molecule has 0 radical (unpaired) electrons. The minimum absolute atomic E-state index is 0.0267. The lowest BCUT2D eigenvalue weighted by molar-refractivity contribution is 0.134. The second kappa shape index (κ2) is 7.43. The molecule has 0 aliphatic carbocycles. The van der Waals surface area contributed by atoms with Gasteiger partial charge in [0.1, 0.15) is 5.76 Å². The summed E-state index contributed by atoms with van der Waals surface area (Å²) in [6, 6.07) is 12.2. The quantitative estimate of drug-likeness (QED) is 0.820. The highest BCUT2D eigenvalue weighted by molar-refractivity contribution is 5.28. The van der Waals surface area contributed by atoms with E-state index in [2.05, 4.69) is 38.1 Å². The molecular weight excluding hydrogens is 262 g/mol. The first-order valence-electron chi connectivity index (χ1n) is 7.62. The van der Waals surface area contributed by atoms with Crippen LogP contribution >= 0.6 is 0 Å². The molecule has 0 saturated heterocycles. The Balaban J connectivity index is 2.00. The number of aliphatic hydroxyl groups excluding tert-OH is 1. The Bertz CT molecular complexity index is 517. The molecule has 0 amide bonds. The van der Waals surface area contributed by atoms with Crippen LogP contribution in [-0.4, -0.2) is 17.8 Å². The van der Waals surface area contributed by atoms with Gasteiger partial charge in [0.2, 0.25) is 0 Å². The van der Waals surface area contributed by atoms with Crippen molar-refractivity contribution < 1.29 is 9.52 Å². The first kappa shape index (κ1) is 15.8. The van der Waals surface area contributed by atoms with E-state index in [0.717, 1.165) is 17.7 Å². The second-order valence-corrected chi connectivity index (χ2v) is 5.85. The van der Waals surface area contributed by atoms with Crippen LogP contribution in [0.2, 0.25) is 0 Å². The largest absolute Gasteiger partial charge is 0.469 e. The molecule has 2 aromatic rings. The summed E-state index contributed by atoms with van der Waals surface area (Å²) in [5.41, 5.74) is 8.28. The molecule has 3 nitrogen and oxygen atoms in total. The van der Waals surface area contributed by atoms with Crippen molar-refractivity contribution in [1.82, 2.24) is 0 Å². The van der Waals surface area contributed by atoms with Gasteiger partial charge in [0.15, 0.2) is 0 Å². The number of furan rings is 1. The van der Waals surface area contributed by atoms with Gasteiger partial charge in [-0.3, -0.25) is 0 Å². The van der Waals surface area contributed by atoms with Gasteiger partial charge in [-0.2, -0.15) is 0 Å². The number of rotatable bonds is 7. The maximum absolute atomic E-state index is 10.4. The Morgan fingerprint density at radius 2 is 1.76 bits per heavy atom. The lowest BCUT2D eigenvalue weighted by atomic mass is 9.89. The minimum Gasteiger partial charge on any atom is -0.469 e. The third kappa shape index (κ3) is 4.19. The van der Waals surface area contributed by atoms with Crippen molar-refractivity contribution in [3.8, 4) is 0 Å². The molecule has 0 saturated carbocycles. The molecule has 0 spiro atoms. The van der Waals surface area contributed by atoms with Gasteiger partial charge < -0.3 is 15.3 Å². The van der Waals surface area contributed by atoms with Crippen molar-refractivity contribution >= 4 is 0 Å². The molecule has 2 atom stereocenters. The fraction of sp³-hybridized carbons (Fsp3) is 0.444. The third-order valence-corrected chi connectivity index (χ3v) is 4.02. The number of aryl methyl sites for hydroxylation is 1. The number of benzene rings is 1. The molecule has 3 heteroatoms. The normalized spacial score (nSPS) is 14.3. The van der Waals surface area contributed by atoms with Gasteiger partial charge in [-0.25, -0.2) is 0 Å². The molecular formula is C18H25NO2. The Labute approximate surface area is 126 Å². The molecule has 0 fully saturated rings. The Morgan fingerprint density at radius 1 is 1.10 bits per heavy atom. The smallest absolute Gasteiger partial charge is 0.103 e. The van der Waals surface area contributed by atoms with Gasteiger partial charge >= 0.3 is 0 Å². The van der Waals surface area contributed by atoms with Crippen molar-refractivity contribution in [3.05, 3.63) is 59.5 Å². The van der Waals surface area contributed by atoms with Crippen LogP contribution in [0.1, 0.15) is 49.0 Å². The Hall–Kier alpha value is -1.58. The Kier molecular flexibility index (Phi) is 5.59. The molecule has 1 aromatic carbocycles. The number of aliphatic hydroxyl groups is 1. The van der Waals surface area contributed by atoms with E-state index >= 15 is 0 Å². The highest BCUT2D eigenvalue weighted by atomic mass is 16.3. The molecule has 114 valence electrons. The molecule has 0 aliphatic heterocycles. The first-order valence-corrected chi connectivity index (χ1v) is 7.62. The summed E-state index contributed by atoms with van der Waals surface area (Å²) >= 11 is 0. The zero-order chi connectivity index (χ0) is 15.2. The van der Waals surface area contributed by atoms with E-state index in [1.807, 2.05) is 12.1 Å². The fourth-order valence-corrected chi connectivity index (χ4v) is 2.59. The van der Waals surface area contributed by atoms with Gasteiger partial charge in [0.05, 0.1) is 12.4 Å². The zero-order valence-corrected chi connectivity index (χ0v) is 12.8. The van der Waals surface area contributed by atoms with E-state index < -0.39 is 6.10 Å². The van der Waals surface area contributed by atoms with Gasteiger partial charge in [0.25, 0.3) is 0 Å². The van der Waals surface area contributed by atoms with E-state index in [1.165, 1.54) is 5.56 Å². The summed E-state index contributed by atoms with van der Waals surface area (Å²) < 4.78 is 5.30. The van der Waals surface area contributed by atoms with Crippen molar-refractivity contribution in [2.45, 2.75) is 44.6 Å². The summed E-state index contributed by atoms with van der Waals surface area (Å²) in [5.74, 6) is 1.39. The highest BCUT2D eigenvalue weighted by Crippen LogP contribution is 2.24. The Morgan fingerprint density at radius 3 is 2.29 bits per heavy atom. The van der Waals surface area contributed by atoms with Gasteiger partial charge in [-0.1, -0.05) is 38.1 Å². The maximum Gasteiger partial charge on any atom is 0.103 e. The molecule has 0 bridgehead atoms. The second-order valence-electron chi connectivity index (χ2n) is 5.85. The number of hydrogen-bond donors (Lipinski definition) is 2. The summed E-state index contributed by atoms with van der Waals surface area (Å²) in [6.45, 7) is 4.79. The van der Waals surface area contributed by atoms with Crippen LogP contribution < -0.4 is 5.73 Å². The monoisotopic (exact) mass is 287 g/mol. The third-order valence-electron chi connectivity index (χ3n) is 4.02. The number of nitrogens with two attached hydrogens (primary N) is 1. The molecule has 1 heterocycles. The molecule has 21 heavy (non-hydrogen) atoms. The molecule has 0 aliphatic rings. The lowest BCUT2D eigenvalue weighted by Crippen LogP contribution is -2.26. The summed E-state index contributed by atoms with van der Waals surface area (Å²) in [7, 11) is 0. The summed E-state index contributed by atoms with van der Waals surface area (Å²) in [6.07, 6.45) is 2.59. The van der Waals surface area contributed by atoms with Crippen LogP contribution in [0.3, 0.4) is 0 Å². The van der Waals surface area contributed by atoms with Crippen LogP contribution in [-0.2, 0) is 6.42 Å².